The number of carbonyl (C=O) groups is 1. The number of rotatable bonds is 7. The molecule has 1 N–H and O–H groups in total. The highest BCUT2D eigenvalue weighted by atomic mass is 32.2. The Hall–Kier alpha value is -2.62. The highest BCUT2D eigenvalue weighted by molar-refractivity contribution is 7.99. The predicted molar refractivity (Wildman–Crippen MR) is 107 cm³/mol. The van der Waals surface area contributed by atoms with E-state index in [0.29, 0.717) is 17.1 Å². The van der Waals surface area contributed by atoms with Crippen molar-refractivity contribution in [2.45, 2.75) is 17.7 Å². The Morgan fingerprint density at radius 3 is 2.65 bits per heavy atom. The minimum Gasteiger partial charge on any atom is -0.302 e. The zero-order chi connectivity index (χ0) is 18.2. The summed E-state index contributed by atoms with van der Waals surface area (Å²) < 4.78 is 0. The quantitative estimate of drug-likeness (QED) is 0.453. The van der Waals surface area contributed by atoms with Gasteiger partial charge in [0.1, 0.15) is 0 Å². The van der Waals surface area contributed by atoms with Crippen molar-refractivity contribution in [3.05, 3.63) is 65.5 Å². The highest BCUT2D eigenvalue weighted by Crippen LogP contribution is 2.25. The Morgan fingerprint density at radius 1 is 1.15 bits per heavy atom. The topological polar surface area (TPSA) is 65.8 Å². The maximum Gasteiger partial charge on any atom is 0.226 e. The molecule has 3 rings (SSSR count). The summed E-state index contributed by atoms with van der Waals surface area (Å²) in [7, 11) is 0. The number of anilines is 1. The van der Waals surface area contributed by atoms with Crippen molar-refractivity contribution in [1.82, 2.24) is 4.98 Å². The molecule has 0 aliphatic carbocycles. The maximum atomic E-state index is 12.1. The van der Waals surface area contributed by atoms with Crippen LogP contribution in [0.3, 0.4) is 0 Å². The molecule has 2 aromatic carbocycles. The van der Waals surface area contributed by atoms with Gasteiger partial charge in [-0.3, -0.25) is 4.79 Å². The average Bonchev–Trinajstić information content (AvgIpc) is 3.14. The molecule has 0 aliphatic rings. The van der Waals surface area contributed by atoms with Crippen LogP contribution in [0.25, 0.3) is 11.3 Å². The van der Waals surface area contributed by atoms with E-state index in [-0.39, 0.29) is 5.91 Å². The van der Waals surface area contributed by atoms with Crippen molar-refractivity contribution in [3.8, 4) is 17.3 Å². The van der Waals surface area contributed by atoms with Gasteiger partial charge < -0.3 is 5.32 Å². The van der Waals surface area contributed by atoms with Crippen LogP contribution in [0, 0.1) is 11.3 Å². The number of hydrogen-bond acceptors (Lipinski definition) is 5. The summed E-state index contributed by atoms with van der Waals surface area (Å²) in [6.45, 7) is 0. The van der Waals surface area contributed by atoms with E-state index in [4.69, 9.17) is 5.26 Å². The van der Waals surface area contributed by atoms with E-state index in [1.54, 1.807) is 23.9 Å². The molecule has 6 heteroatoms. The summed E-state index contributed by atoms with van der Waals surface area (Å²) in [4.78, 5) is 17.7. The zero-order valence-electron chi connectivity index (χ0n) is 14.0. The van der Waals surface area contributed by atoms with Crippen LogP contribution in [0.4, 0.5) is 5.13 Å². The van der Waals surface area contributed by atoms with Gasteiger partial charge in [-0.1, -0.05) is 30.3 Å². The first-order chi connectivity index (χ1) is 12.7. The van der Waals surface area contributed by atoms with Crippen molar-refractivity contribution in [3.63, 3.8) is 0 Å². The van der Waals surface area contributed by atoms with Crippen molar-refractivity contribution in [1.29, 1.82) is 5.26 Å². The third kappa shape index (κ3) is 5.19. The molecule has 0 aliphatic heterocycles. The number of thioether (sulfide) groups is 1. The Balaban J connectivity index is 1.46. The molecule has 3 aromatic rings. The first-order valence-electron chi connectivity index (χ1n) is 8.18. The number of nitrogens with one attached hydrogen (secondary N) is 1. The van der Waals surface area contributed by atoms with Gasteiger partial charge in [-0.2, -0.15) is 5.26 Å². The Labute approximate surface area is 160 Å². The van der Waals surface area contributed by atoms with Gasteiger partial charge in [0.05, 0.1) is 17.3 Å². The van der Waals surface area contributed by atoms with Crippen LogP contribution in [-0.2, 0) is 4.79 Å². The van der Waals surface area contributed by atoms with Crippen LogP contribution in [0.1, 0.15) is 18.4 Å². The van der Waals surface area contributed by atoms with Crippen molar-refractivity contribution >= 4 is 34.1 Å². The summed E-state index contributed by atoms with van der Waals surface area (Å²) in [6, 6.07) is 19.5. The number of thiazole rings is 1. The summed E-state index contributed by atoms with van der Waals surface area (Å²) in [5.41, 5.74) is 2.35. The summed E-state index contributed by atoms with van der Waals surface area (Å²) >= 11 is 3.16. The fourth-order valence-electron chi connectivity index (χ4n) is 2.30. The van der Waals surface area contributed by atoms with Crippen LogP contribution in [0.15, 0.2) is 64.9 Å². The molecule has 0 fully saturated rings. The molecule has 26 heavy (non-hydrogen) atoms. The normalized spacial score (nSPS) is 10.3. The number of benzene rings is 2. The van der Waals surface area contributed by atoms with Crippen LogP contribution in [0.5, 0.6) is 0 Å². The third-order valence-corrected chi connectivity index (χ3v) is 5.48. The molecular formula is C20H17N3OS2. The first kappa shape index (κ1) is 18.2. The predicted octanol–water partition coefficient (Wildman–Crippen LogP) is 5.19. The molecule has 0 saturated carbocycles. The van der Waals surface area contributed by atoms with E-state index < -0.39 is 0 Å². The number of nitriles is 1. The fraction of sp³-hybridized carbons (Fsp3) is 0.150. The molecule has 130 valence electrons. The van der Waals surface area contributed by atoms with E-state index in [2.05, 4.69) is 28.5 Å². The Kier molecular flexibility index (Phi) is 6.42. The number of amides is 1. The lowest BCUT2D eigenvalue weighted by atomic mass is 10.1. The second-order valence-electron chi connectivity index (χ2n) is 5.54. The highest BCUT2D eigenvalue weighted by Gasteiger charge is 2.08. The maximum absolute atomic E-state index is 12.1. The van der Waals surface area contributed by atoms with Crippen molar-refractivity contribution in [2.24, 2.45) is 0 Å². The molecule has 4 nitrogen and oxygen atoms in total. The van der Waals surface area contributed by atoms with Crippen molar-refractivity contribution in [2.75, 3.05) is 11.1 Å². The Bertz CT molecular complexity index is 899. The van der Waals surface area contributed by atoms with Gasteiger partial charge in [-0.15, -0.1) is 23.1 Å². The summed E-state index contributed by atoms with van der Waals surface area (Å²) in [6.07, 6.45) is 1.30. The second kappa shape index (κ2) is 9.18. The first-order valence-corrected chi connectivity index (χ1v) is 10.0. The van der Waals surface area contributed by atoms with Crippen molar-refractivity contribution < 1.29 is 4.79 Å². The minimum absolute atomic E-state index is 0.0145. The molecule has 0 bridgehead atoms. The smallest absolute Gasteiger partial charge is 0.226 e. The molecule has 1 heterocycles. The van der Waals surface area contributed by atoms with E-state index in [0.717, 1.165) is 23.4 Å². The van der Waals surface area contributed by atoms with Gasteiger partial charge in [0.25, 0.3) is 0 Å². The van der Waals surface area contributed by atoms with Gasteiger partial charge in [0.15, 0.2) is 5.13 Å². The minimum atomic E-state index is -0.0145. The van der Waals surface area contributed by atoms with Crippen LogP contribution < -0.4 is 5.32 Å². The fourth-order valence-corrected chi connectivity index (χ4v) is 3.91. The average molecular weight is 380 g/mol. The molecule has 0 saturated heterocycles. The van der Waals surface area contributed by atoms with Gasteiger partial charge in [-0.25, -0.2) is 4.98 Å². The monoisotopic (exact) mass is 379 g/mol. The van der Waals surface area contributed by atoms with Gasteiger partial charge in [0.2, 0.25) is 5.91 Å². The van der Waals surface area contributed by atoms with E-state index in [1.807, 2.05) is 35.7 Å². The number of aromatic nitrogens is 1. The molecule has 0 unspecified atom stereocenters. The zero-order valence-corrected chi connectivity index (χ0v) is 15.6. The standard InChI is InChI=1S/C20H17N3OS2/c21-13-15-8-10-16(11-9-15)18-14-26-20(22-18)23-19(24)7-4-12-25-17-5-2-1-3-6-17/h1-3,5-6,8-11,14H,4,7,12H2,(H,22,23,24). The lowest BCUT2D eigenvalue weighted by molar-refractivity contribution is -0.116. The largest absolute Gasteiger partial charge is 0.302 e. The second-order valence-corrected chi connectivity index (χ2v) is 7.57. The van der Waals surface area contributed by atoms with Crippen LogP contribution in [0.2, 0.25) is 0 Å². The number of nitrogens with zero attached hydrogens (tertiary/aromatic N) is 2. The summed E-state index contributed by atoms with van der Waals surface area (Å²) in [5, 5.41) is 14.2. The van der Waals surface area contributed by atoms with Crippen LogP contribution in [-0.4, -0.2) is 16.6 Å². The number of carbonyl (C=O) groups excluding carboxylic acids is 1. The molecule has 0 spiro atoms. The van der Waals surface area contributed by atoms with Gasteiger partial charge in [-0.05, 0) is 36.4 Å². The molecule has 0 atom stereocenters. The van der Waals surface area contributed by atoms with E-state index >= 15 is 0 Å². The van der Waals surface area contributed by atoms with E-state index in [1.165, 1.54) is 16.2 Å². The lowest BCUT2D eigenvalue weighted by Gasteiger charge is -2.02. The summed E-state index contributed by atoms with van der Waals surface area (Å²) in [5.74, 6) is 0.894. The lowest BCUT2D eigenvalue weighted by Crippen LogP contribution is -2.11. The van der Waals surface area contributed by atoms with Gasteiger partial charge in [0, 0.05) is 22.3 Å². The Morgan fingerprint density at radius 2 is 1.92 bits per heavy atom. The van der Waals surface area contributed by atoms with Crippen LogP contribution >= 0.6 is 23.1 Å². The van der Waals surface area contributed by atoms with E-state index in [9.17, 15) is 4.79 Å². The molecule has 1 aromatic heterocycles. The molecule has 0 radical (unpaired) electrons. The van der Waals surface area contributed by atoms with Gasteiger partial charge >= 0.3 is 0 Å². The molecular weight excluding hydrogens is 362 g/mol. The SMILES string of the molecule is N#Cc1ccc(-c2csc(NC(=O)CCCSc3ccccc3)n2)cc1. The number of hydrogen-bond donors (Lipinski definition) is 1. The molecule has 1 amide bonds. The third-order valence-electron chi connectivity index (χ3n) is 3.62.